The van der Waals surface area contributed by atoms with Crippen LogP contribution in [0.5, 0.6) is 0 Å². The predicted molar refractivity (Wildman–Crippen MR) is 90.2 cm³/mol. The maximum atomic E-state index is 12.8. The molecule has 0 aromatic heterocycles. The molecule has 2 N–H and O–H groups in total. The molecular weight excluding hydrogens is 328 g/mol. The summed E-state index contributed by atoms with van der Waals surface area (Å²) < 4.78 is 5.36. The van der Waals surface area contributed by atoms with E-state index in [4.69, 9.17) is 16.3 Å². The van der Waals surface area contributed by atoms with E-state index in [2.05, 4.69) is 10.6 Å². The number of halogens is 1. The molecule has 0 aliphatic carbocycles. The fraction of sp³-hybridized carbons (Fsp3) is 0.222. The van der Waals surface area contributed by atoms with Gasteiger partial charge in [0.05, 0.1) is 19.6 Å². The second-order valence-corrected chi connectivity index (χ2v) is 6.53. The first-order chi connectivity index (χ1) is 11.6. The lowest BCUT2D eigenvalue weighted by atomic mass is 9.87. The Labute approximate surface area is 144 Å². The molecule has 0 saturated carbocycles. The minimum atomic E-state index is -0.555. The van der Waals surface area contributed by atoms with Gasteiger partial charge >= 0.3 is 0 Å². The molecule has 122 valence electrons. The zero-order valence-electron chi connectivity index (χ0n) is 12.8. The number of carbonyl (C=O) groups is 2. The Morgan fingerprint density at radius 3 is 2.58 bits per heavy atom. The molecule has 2 aromatic carbocycles. The first-order valence-corrected chi connectivity index (χ1v) is 8.03. The van der Waals surface area contributed by atoms with Crippen LogP contribution in [0.2, 0.25) is 5.02 Å². The van der Waals surface area contributed by atoms with Crippen molar-refractivity contribution in [3.63, 3.8) is 0 Å². The highest BCUT2D eigenvalue weighted by molar-refractivity contribution is 6.30. The molecule has 2 aliphatic heterocycles. The Balaban J connectivity index is 1.63. The fourth-order valence-electron chi connectivity index (χ4n) is 3.13. The molecule has 1 saturated heterocycles. The average molecular weight is 343 g/mol. The molecule has 4 rings (SSSR count). The minimum Gasteiger partial charge on any atom is -0.376 e. The lowest BCUT2D eigenvalue weighted by Gasteiger charge is -2.42. The van der Waals surface area contributed by atoms with E-state index in [0.717, 1.165) is 11.1 Å². The van der Waals surface area contributed by atoms with Crippen LogP contribution >= 0.6 is 11.6 Å². The summed E-state index contributed by atoms with van der Waals surface area (Å²) in [7, 11) is 0. The van der Waals surface area contributed by atoms with Crippen molar-refractivity contribution in [2.24, 2.45) is 0 Å². The van der Waals surface area contributed by atoms with Crippen LogP contribution in [-0.2, 0) is 21.5 Å². The van der Waals surface area contributed by atoms with Gasteiger partial charge in [-0.3, -0.25) is 9.59 Å². The summed E-state index contributed by atoms with van der Waals surface area (Å²) in [6.07, 6.45) is 0.226. The van der Waals surface area contributed by atoms with Gasteiger partial charge in [-0.1, -0.05) is 29.8 Å². The summed E-state index contributed by atoms with van der Waals surface area (Å²) in [6.45, 7) is 0.819. The van der Waals surface area contributed by atoms with Gasteiger partial charge in [0, 0.05) is 16.3 Å². The van der Waals surface area contributed by atoms with E-state index in [1.54, 1.807) is 30.3 Å². The van der Waals surface area contributed by atoms with Gasteiger partial charge in [-0.15, -0.1) is 0 Å². The summed E-state index contributed by atoms with van der Waals surface area (Å²) in [5, 5.41) is 6.49. The number of ether oxygens (including phenoxy) is 1. The van der Waals surface area contributed by atoms with Crippen molar-refractivity contribution < 1.29 is 14.3 Å². The molecule has 5 nitrogen and oxygen atoms in total. The van der Waals surface area contributed by atoms with Gasteiger partial charge in [-0.25, -0.2) is 0 Å². The second kappa shape index (κ2) is 5.61. The molecule has 2 aliphatic rings. The van der Waals surface area contributed by atoms with E-state index in [1.165, 1.54) is 0 Å². The van der Waals surface area contributed by atoms with E-state index in [9.17, 15) is 9.59 Å². The summed E-state index contributed by atoms with van der Waals surface area (Å²) in [5.41, 5.74) is 2.37. The third-order valence-corrected chi connectivity index (χ3v) is 4.73. The van der Waals surface area contributed by atoms with E-state index < -0.39 is 5.54 Å². The van der Waals surface area contributed by atoms with Gasteiger partial charge in [-0.05, 0) is 35.4 Å². The Morgan fingerprint density at radius 1 is 1.17 bits per heavy atom. The molecule has 2 aromatic rings. The molecule has 1 fully saturated rings. The molecule has 6 heteroatoms. The van der Waals surface area contributed by atoms with E-state index in [-0.39, 0.29) is 18.2 Å². The highest BCUT2D eigenvalue weighted by atomic mass is 35.5. The number of fused-ring (bicyclic) bond motifs is 1. The number of amides is 2. The van der Waals surface area contributed by atoms with Gasteiger partial charge in [0.25, 0.3) is 5.91 Å². The molecule has 0 spiro atoms. The first-order valence-electron chi connectivity index (χ1n) is 7.65. The topological polar surface area (TPSA) is 67.4 Å². The van der Waals surface area contributed by atoms with Crippen molar-refractivity contribution in [1.29, 1.82) is 0 Å². The third kappa shape index (κ3) is 2.46. The summed E-state index contributed by atoms with van der Waals surface area (Å²) >= 11 is 5.94. The zero-order valence-corrected chi connectivity index (χ0v) is 13.5. The Bertz CT molecular complexity index is 829. The Morgan fingerprint density at radius 2 is 1.92 bits per heavy atom. The Kier molecular flexibility index (Phi) is 3.55. The molecule has 0 bridgehead atoms. The maximum absolute atomic E-state index is 12.8. The quantitative estimate of drug-likeness (QED) is 0.900. The monoisotopic (exact) mass is 342 g/mol. The molecule has 0 atom stereocenters. The molecule has 2 amide bonds. The smallest absolute Gasteiger partial charge is 0.252 e. The molecular formula is C18H15ClN2O3. The van der Waals surface area contributed by atoms with Crippen molar-refractivity contribution in [1.82, 2.24) is 5.32 Å². The standard InChI is InChI=1S/C18H15ClN2O3/c19-12-6-4-11(5-7-12)18(9-24-10-18)21-17(23)13-2-1-3-15-14(13)8-16(22)20-15/h1-7H,8-10H2,(H,20,22)(H,21,23). The number of carbonyl (C=O) groups excluding carboxylic acids is 2. The van der Waals surface area contributed by atoms with Crippen molar-refractivity contribution in [2.45, 2.75) is 12.0 Å². The third-order valence-electron chi connectivity index (χ3n) is 4.48. The zero-order chi connectivity index (χ0) is 16.7. The van der Waals surface area contributed by atoms with Crippen LogP contribution in [0.3, 0.4) is 0 Å². The number of nitrogens with one attached hydrogen (secondary N) is 2. The normalized spacial score (nSPS) is 17.6. The van der Waals surface area contributed by atoms with E-state index >= 15 is 0 Å². The van der Waals surface area contributed by atoms with Crippen molar-refractivity contribution in [3.8, 4) is 0 Å². The fourth-order valence-corrected chi connectivity index (χ4v) is 3.26. The first kappa shape index (κ1) is 15.2. The lowest BCUT2D eigenvalue weighted by molar-refractivity contribution is -0.115. The van der Waals surface area contributed by atoms with Crippen LogP contribution in [0, 0.1) is 0 Å². The van der Waals surface area contributed by atoms with Gasteiger partial charge in [-0.2, -0.15) is 0 Å². The molecule has 0 radical (unpaired) electrons. The second-order valence-electron chi connectivity index (χ2n) is 6.09. The summed E-state index contributed by atoms with van der Waals surface area (Å²) in [5.74, 6) is -0.300. The minimum absolute atomic E-state index is 0.0929. The summed E-state index contributed by atoms with van der Waals surface area (Å²) in [4.78, 5) is 24.4. The Hall–Kier alpha value is -2.37. The van der Waals surface area contributed by atoms with Crippen molar-refractivity contribution in [2.75, 3.05) is 18.5 Å². The number of hydrogen-bond acceptors (Lipinski definition) is 3. The highest BCUT2D eigenvalue weighted by Gasteiger charge is 2.42. The number of benzene rings is 2. The van der Waals surface area contributed by atoms with Crippen LogP contribution in [-0.4, -0.2) is 25.0 Å². The number of anilines is 1. The predicted octanol–water partition coefficient (Wildman–Crippen LogP) is 2.49. The number of hydrogen-bond donors (Lipinski definition) is 2. The van der Waals surface area contributed by atoms with Crippen molar-refractivity contribution >= 4 is 29.1 Å². The number of rotatable bonds is 3. The molecule has 2 heterocycles. The van der Waals surface area contributed by atoms with E-state index in [0.29, 0.717) is 29.5 Å². The van der Waals surface area contributed by atoms with Gasteiger partial charge in [0.2, 0.25) is 5.91 Å². The van der Waals surface area contributed by atoms with Crippen LogP contribution in [0.1, 0.15) is 21.5 Å². The van der Waals surface area contributed by atoms with Crippen LogP contribution in [0.25, 0.3) is 0 Å². The van der Waals surface area contributed by atoms with Crippen LogP contribution in [0.4, 0.5) is 5.69 Å². The average Bonchev–Trinajstić information content (AvgIpc) is 2.91. The van der Waals surface area contributed by atoms with Crippen LogP contribution < -0.4 is 10.6 Å². The molecule has 24 heavy (non-hydrogen) atoms. The lowest BCUT2D eigenvalue weighted by Crippen LogP contribution is -2.59. The van der Waals surface area contributed by atoms with Crippen molar-refractivity contribution in [3.05, 3.63) is 64.2 Å². The highest BCUT2D eigenvalue weighted by Crippen LogP contribution is 2.32. The summed E-state index contributed by atoms with van der Waals surface area (Å²) in [6, 6.07) is 12.7. The van der Waals surface area contributed by atoms with Gasteiger partial charge in [0.15, 0.2) is 0 Å². The van der Waals surface area contributed by atoms with Crippen LogP contribution in [0.15, 0.2) is 42.5 Å². The largest absolute Gasteiger partial charge is 0.376 e. The SMILES string of the molecule is O=C1Cc2c(cccc2C(=O)NC2(c3ccc(Cl)cc3)COC2)N1. The maximum Gasteiger partial charge on any atom is 0.252 e. The van der Waals surface area contributed by atoms with E-state index in [1.807, 2.05) is 12.1 Å². The van der Waals surface area contributed by atoms with Gasteiger partial charge in [0.1, 0.15) is 5.54 Å². The van der Waals surface area contributed by atoms with Gasteiger partial charge < -0.3 is 15.4 Å². The molecule has 0 unspecified atom stereocenters.